The van der Waals surface area contributed by atoms with E-state index in [-0.39, 0.29) is 5.41 Å². The zero-order valence-corrected chi connectivity index (χ0v) is 11.8. The van der Waals surface area contributed by atoms with Gasteiger partial charge in [-0.05, 0) is 39.3 Å². The minimum Gasteiger partial charge on any atom is -0.381 e. The summed E-state index contributed by atoms with van der Waals surface area (Å²) in [5.74, 6) is 0. The number of aryl methyl sites for hydroxylation is 2. The number of rotatable bonds is 6. The third kappa shape index (κ3) is 2.93. The zero-order valence-electron chi connectivity index (χ0n) is 11.8. The molecule has 1 atom stereocenters. The van der Waals surface area contributed by atoms with E-state index in [0.717, 1.165) is 51.4 Å². The van der Waals surface area contributed by atoms with Crippen LogP contribution in [-0.4, -0.2) is 36.1 Å². The lowest BCUT2D eigenvalue weighted by atomic mass is 9.82. The molecule has 0 amide bonds. The van der Waals surface area contributed by atoms with Crippen LogP contribution in [0.2, 0.25) is 0 Å². The van der Waals surface area contributed by atoms with Gasteiger partial charge in [-0.2, -0.15) is 5.10 Å². The van der Waals surface area contributed by atoms with Crippen LogP contribution in [0, 0.1) is 12.3 Å². The second-order valence-electron chi connectivity index (χ2n) is 5.35. The summed E-state index contributed by atoms with van der Waals surface area (Å²) in [6, 6.07) is 2.22. The minimum absolute atomic E-state index is 0.259. The van der Waals surface area contributed by atoms with Crippen LogP contribution >= 0.6 is 0 Å². The maximum atomic E-state index is 5.64. The lowest BCUT2D eigenvalue weighted by Crippen LogP contribution is -2.37. The molecule has 1 N–H and O–H groups in total. The van der Waals surface area contributed by atoms with Crippen LogP contribution in [0.5, 0.6) is 0 Å². The Morgan fingerprint density at radius 2 is 2.33 bits per heavy atom. The molecular weight excluding hydrogens is 226 g/mol. The second kappa shape index (κ2) is 5.85. The summed E-state index contributed by atoms with van der Waals surface area (Å²) in [4.78, 5) is 0. The summed E-state index contributed by atoms with van der Waals surface area (Å²) in [6.45, 7) is 11.1. The number of aromatic nitrogens is 2. The SMILES string of the molecule is CCNCC1(Cc2cc(C)nn2CC)CCOC1. The molecule has 4 heteroatoms. The molecule has 18 heavy (non-hydrogen) atoms. The number of hydrogen-bond acceptors (Lipinski definition) is 3. The first kappa shape index (κ1) is 13.6. The standard InChI is InChI=1S/C14H25N3O/c1-4-15-10-14(6-7-18-11-14)9-13-8-12(3)16-17(13)5-2/h8,15H,4-7,9-11H2,1-3H3. The third-order valence-electron chi connectivity index (χ3n) is 3.78. The predicted molar refractivity (Wildman–Crippen MR) is 72.8 cm³/mol. The molecule has 0 radical (unpaired) electrons. The van der Waals surface area contributed by atoms with E-state index in [2.05, 4.69) is 41.9 Å². The Hall–Kier alpha value is -0.870. The molecule has 1 unspecified atom stereocenters. The monoisotopic (exact) mass is 251 g/mol. The minimum atomic E-state index is 0.259. The molecule has 0 spiro atoms. The largest absolute Gasteiger partial charge is 0.381 e. The van der Waals surface area contributed by atoms with Crippen molar-refractivity contribution < 1.29 is 4.74 Å². The van der Waals surface area contributed by atoms with Crippen molar-refractivity contribution in [3.8, 4) is 0 Å². The van der Waals surface area contributed by atoms with Gasteiger partial charge in [-0.25, -0.2) is 0 Å². The molecule has 2 heterocycles. The number of hydrogen-bond donors (Lipinski definition) is 1. The van der Waals surface area contributed by atoms with Gasteiger partial charge in [-0.15, -0.1) is 0 Å². The Labute approximate surface area is 110 Å². The summed E-state index contributed by atoms with van der Waals surface area (Å²) in [7, 11) is 0. The summed E-state index contributed by atoms with van der Waals surface area (Å²) < 4.78 is 7.77. The van der Waals surface area contributed by atoms with E-state index < -0.39 is 0 Å². The Kier molecular flexibility index (Phi) is 4.40. The Morgan fingerprint density at radius 1 is 1.50 bits per heavy atom. The number of nitrogens with one attached hydrogen (secondary N) is 1. The first-order valence-corrected chi connectivity index (χ1v) is 7.01. The Bertz CT molecular complexity index is 380. The van der Waals surface area contributed by atoms with Crippen molar-refractivity contribution >= 4 is 0 Å². The molecule has 102 valence electrons. The van der Waals surface area contributed by atoms with Gasteiger partial charge >= 0.3 is 0 Å². The highest BCUT2D eigenvalue weighted by Gasteiger charge is 2.35. The van der Waals surface area contributed by atoms with E-state index in [1.807, 2.05) is 0 Å². The number of nitrogens with zero attached hydrogens (tertiary/aromatic N) is 2. The Morgan fingerprint density at radius 3 is 2.94 bits per heavy atom. The Balaban J connectivity index is 2.12. The van der Waals surface area contributed by atoms with Gasteiger partial charge in [0.2, 0.25) is 0 Å². The van der Waals surface area contributed by atoms with Gasteiger partial charge in [0.15, 0.2) is 0 Å². The van der Waals surface area contributed by atoms with Crippen molar-refractivity contribution in [3.63, 3.8) is 0 Å². The van der Waals surface area contributed by atoms with Crippen molar-refractivity contribution in [1.29, 1.82) is 0 Å². The van der Waals surface area contributed by atoms with Crippen LogP contribution < -0.4 is 5.32 Å². The fraction of sp³-hybridized carbons (Fsp3) is 0.786. The fourth-order valence-corrected chi connectivity index (χ4v) is 2.78. The predicted octanol–water partition coefficient (Wildman–Crippen LogP) is 1.77. The summed E-state index contributed by atoms with van der Waals surface area (Å²) in [6.07, 6.45) is 2.21. The molecule has 1 saturated heterocycles. The topological polar surface area (TPSA) is 39.1 Å². The normalized spacial score (nSPS) is 23.7. The van der Waals surface area contributed by atoms with E-state index in [4.69, 9.17) is 4.74 Å². The third-order valence-corrected chi connectivity index (χ3v) is 3.78. The van der Waals surface area contributed by atoms with Crippen LogP contribution in [0.3, 0.4) is 0 Å². The molecule has 1 aromatic rings. The lowest BCUT2D eigenvalue weighted by Gasteiger charge is -2.27. The molecule has 0 aromatic carbocycles. The van der Waals surface area contributed by atoms with Crippen molar-refractivity contribution in [2.75, 3.05) is 26.3 Å². The van der Waals surface area contributed by atoms with Crippen LogP contribution in [0.4, 0.5) is 0 Å². The van der Waals surface area contributed by atoms with Gasteiger partial charge in [0.1, 0.15) is 0 Å². The second-order valence-corrected chi connectivity index (χ2v) is 5.35. The van der Waals surface area contributed by atoms with Gasteiger partial charge < -0.3 is 10.1 Å². The highest BCUT2D eigenvalue weighted by molar-refractivity contribution is 5.12. The highest BCUT2D eigenvalue weighted by atomic mass is 16.5. The number of ether oxygens (including phenoxy) is 1. The summed E-state index contributed by atoms with van der Waals surface area (Å²) >= 11 is 0. The van der Waals surface area contributed by atoms with E-state index in [1.54, 1.807) is 0 Å². The average molecular weight is 251 g/mol. The molecule has 1 fully saturated rings. The molecule has 4 nitrogen and oxygen atoms in total. The van der Waals surface area contributed by atoms with E-state index in [0.29, 0.717) is 0 Å². The van der Waals surface area contributed by atoms with Gasteiger partial charge in [-0.3, -0.25) is 4.68 Å². The van der Waals surface area contributed by atoms with Crippen molar-refractivity contribution in [2.45, 2.75) is 40.2 Å². The summed E-state index contributed by atoms with van der Waals surface area (Å²) in [5.41, 5.74) is 2.72. The molecule has 0 saturated carbocycles. The molecule has 0 bridgehead atoms. The smallest absolute Gasteiger partial charge is 0.0596 e. The van der Waals surface area contributed by atoms with Gasteiger partial charge in [-0.1, -0.05) is 6.92 Å². The maximum absolute atomic E-state index is 5.64. The average Bonchev–Trinajstić information content (AvgIpc) is 2.95. The molecule has 1 aliphatic heterocycles. The zero-order chi connectivity index (χ0) is 13.0. The maximum Gasteiger partial charge on any atom is 0.0596 e. The molecule has 0 aliphatic carbocycles. The fourth-order valence-electron chi connectivity index (χ4n) is 2.78. The quantitative estimate of drug-likeness (QED) is 0.837. The molecule has 1 aromatic heterocycles. The van der Waals surface area contributed by atoms with E-state index in [9.17, 15) is 0 Å². The first-order valence-electron chi connectivity index (χ1n) is 7.01. The van der Waals surface area contributed by atoms with Crippen LogP contribution in [0.1, 0.15) is 31.7 Å². The van der Waals surface area contributed by atoms with Crippen LogP contribution in [-0.2, 0) is 17.7 Å². The van der Waals surface area contributed by atoms with Crippen molar-refractivity contribution in [1.82, 2.24) is 15.1 Å². The molecule has 2 rings (SSSR count). The molecular formula is C14H25N3O. The van der Waals surface area contributed by atoms with Crippen LogP contribution in [0.25, 0.3) is 0 Å². The lowest BCUT2D eigenvalue weighted by molar-refractivity contribution is 0.148. The first-order chi connectivity index (χ1) is 8.69. The summed E-state index contributed by atoms with van der Waals surface area (Å²) in [5, 5.41) is 8.02. The van der Waals surface area contributed by atoms with Gasteiger partial charge in [0.25, 0.3) is 0 Å². The van der Waals surface area contributed by atoms with Crippen molar-refractivity contribution in [3.05, 3.63) is 17.5 Å². The van der Waals surface area contributed by atoms with E-state index >= 15 is 0 Å². The van der Waals surface area contributed by atoms with Gasteiger partial charge in [0.05, 0.1) is 12.3 Å². The molecule has 1 aliphatic rings. The van der Waals surface area contributed by atoms with Gasteiger partial charge in [0, 0.05) is 30.8 Å². The van der Waals surface area contributed by atoms with E-state index in [1.165, 1.54) is 5.69 Å². The van der Waals surface area contributed by atoms with Crippen LogP contribution in [0.15, 0.2) is 6.07 Å². The van der Waals surface area contributed by atoms with Crippen molar-refractivity contribution in [2.24, 2.45) is 5.41 Å². The highest BCUT2D eigenvalue weighted by Crippen LogP contribution is 2.32.